The summed E-state index contributed by atoms with van der Waals surface area (Å²) in [7, 11) is -2.92. The molecular weight excluding hydrogens is 440 g/mol. The van der Waals surface area contributed by atoms with Crippen molar-refractivity contribution >= 4 is 40.5 Å². The molecule has 3 aromatic rings. The van der Waals surface area contributed by atoms with Gasteiger partial charge in [0.05, 0.1) is 6.04 Å². The van der Waals surface area contributed by atoms with E-state index in [-0.39, 0.29) is 6.04 Å². The van der Waals surface area contributed by atoms with Crippen molar-refractivity contribution in [2.45, 2.75) is 16.4 Å². The molecule has 0 fully saturated rings. The summed E-state index contributed by atoms with van der Waals surface area (Å²) in [4.78, 5) is 0. The van der Waals surface area contributed by atoms with Crippen molar-refractivity contribution in [3.63, 3.8) is 0 Å². The molecule has 0 saturated carbocycles. The van der Waals surface area contributed by atoms with E-state index in [2.05, 4.69) is 51.9 Å². The second-order valence-electron chi connectivity index (χ2n) is 6.31. The van der Waals surface area contributed by atoms with Gasteiger partial charge in [0, 0.05) is 14.5 Å². The van der Waals surface area contributed by atoms with Crippen LogP contribution < -0.4 is 15.7 Å². The highest BCUT2D eigenvalue weighted by Gasteiger charge is 2.37. The summed E-state index contributed by atoms with van der Waals surface area (Å²) in [6.45, 7) is 0. The lowest BCUT2D eigenvalue weighted by Crippen LogP contribution is -2.32. The molecule has 4 heteroatoms. The molecule has 4 rings (SSSR count). The quantitative estimate of drug-likeness (QED) is 0.351. The van der Waals surface area contributed by atoms with E-state index in [1.165, 1.54) is 11.1 Å². The number of halogens is 1. The first-order valence-electron chi connectivity index (χ1n) is 8.39. The minimum atomic E-state index is -2.92. The zero-order valence-electron chi connectivity index (χ0n) is 13.7. The summed E-state index contributed by atoms with van der Waals surface area (Å²) in [5, 5.41) is 5.29. The van der Waals surface area contributed by atoms with E-state index >= 15 is 0 Å². The van der Waals surface area contributed by atoms with E-state index in [1.54, 1.807) is 0 Å². The van der Waals surface area contributed by atoms with Crippen LogP contribution in [0.4, 0.5) is 0 Å². The van der Waals surface area contributed by atoms with Crippen LogP contribution in [0.15, 0.2) is 84.9 Å². The SMILES string of the molecule is O=P(NC1c2ccccc2CC1I)(c1ccccc1)c1ccccc1. The van der Waals surface area contributed by atoms with Gasteiger partial charge in [-0.05, 0) is 41.8 Å². The number of fused-ring (bicyclic) bond motifs is 1. The van der Waals surface area contributed by atoms with Crippen LogP contribution in [0.1, 0.15) is 17.2 Å². The second-order valence-corrected chi connectivity index (χ2v) is 10.4. The molecule has 2 atom stereocenters. The Balaban J connectivity index is 1.80. The lowest BCUT2D eigenvalue weighted by molar-refractivity contribution is 0.564. The van der Waals surface area contributed by atoms with Crippen LogP contribution in [0.2, 0.25) is 0 Å². The Morgan fingerprint density at radius 1 is 0.800 bits per heavy atom. The Morgan fingerprint density at radius 3 is 1.92 bits per heavy atom. The lowest BCUT2D eigenvalue weighted by Gasteiger charge is -2.27. The van der Waals surface area contributed by atoms with Gasteiger partial charge in [0.1, 0.15) is 0 Å². The van der Waals surface area contributed by atoms with E-state index < -0.39 is 7.29 Å². The maximum atomic E-state index is 14.2. The van der Waals surface area contributed by atoms with Crippen molar-refractivity contribution in [3.05, 3.63) is 96.1 Å². The van der Waals surface area contributed by atoms with Gasteiger partial charge in [0.2, 0.25) is 7.29 Å². The van der Waals surface area contributed by atoms with Gasteiger partial charge < -0.3 is 0 Å². The van der Waals surface area contributed by atoms with Crippen LogP contribution in [-0.4, -0.2) is 3.92 Å². The number of rotatable bonds is 4. The first-order chi connectivity index (χ1) is 12.2. The first-order valence-corrected chi connectivity index (χ1v) is 11.3. The Morgan fingerprint density at radius 2 is 1.32 bits per heavy atom. The van der Waals surface area contributed by atoms with Crippen molar-refractivity contribution in [1.82, 2.24) is 5.09 Å². The van der Waals surface area contributed by atoms with Crippen molar-refractivity contribution in [2.75, 3.05) is 0 Å². The maximum Gasteiger partial charge on any atom is 0.205 e. The topological polar surface area (TPSA) is 29.1 Å². The van der Waals surface area contributed by atoms with Gasteiger partial charge in [-0.15, -0.1) is 0 Å². The maximum absolute atomic E-state index is 14.2. The minimum absolute atomic E-state index is 0.0862. The lowest BCUT2D eigenvalue weighted by atomic mass is 10.1. The number of hydrogen-bond donors (Lipinski definition) is 1. The number of nitrogens with one attached hydrogen (secondary N) is 1. The summed E-state index contributed by atoms with van der Waals surface area (Å²) < 4.78 is 14.6. The highest BCUT2D eigenvalue weighted by atomic mass is 127. The van der Waals surface area contributed by atoms with Gasteiger partial charge in [0.25, 0.3) is 0 Å². The normalized spacial score (nSPS) is 19.6. The van der Waals surface area contributed by atoms with E-state index in [9.17, 15) is 4.57 Å². The van der Waals surface area contributed by atoms with E-state index in [0.717, 1.165) is 17.0 Å². The number of benzene rings is 3. The molecule has 0 heterocycles. The third kappa shape index (κ3) is 3.21. The van der Waals surface area contributed by atoms with Crippen molar-refractivity contribution in [3.8, 4) is 0 Å². The standard InChI is InChI=1S/C21H19INOP/c22-20-15-16-9-7-8-14-19(16)21(20)23-25(24,17-10-3-1-4-11-17)18-12-5-2-6-13-18/h1-14,20-21H,15H2,(H,23,24). The molecule has 1 aliphatic rings. The summed E-state index contributed by atoms with van der Waals surface area (Å²) in [5.74, 6) is 0. The largest absolute Gasteiger partial charge is 0.297 e. The van der Waals surface area contributed by atoms with E-state index in [1.807, 2.05) is 60.7 Å². The van der Waals surface area contributed by atoms with E-state index in [0.29, 0.717) is 3.92 Å². The third-order valence-electron chi connectivity index (χ3n) is 4.73. The van der Waals surface area contributed by atoms with E-state index in [4.69, 9.17) is 0 Å². The van der Waals surface area contributed by atoms with Gasteiger partial charge >= 0.3 is 0 Å². The molecule has 126 valence electrons. The van der Waals surface area contributed by atoms with Crippen molar-refractivity contribution in [1.29, 1.82) is 0 Å². The molecule has 2 nitrogen and oxygen atoms in total. The van der Waals surface area contributed by atoms with Gasteiger partial charge in [-0.1, -0.05) is 83.3 Å². The molecule has 0 aliphatic heterocycles. The number of alkyl halides is 1. The van der Waals surface area contributed by atoms with Crippen LogP contribution in [0.25, 0.3) is 0 Å². The molecule has 0 spiro atoms. The average Bonchev–Trinajstić information content (AvgIpc) is 2.98. The Bertz CT molecular complexity index is 870. The van der Waals surface area contributed by atoms with Crippen LogP contribution >= 0.6 is 29.9 Å². The predicted octanol–water partition coefficient (Wildman–Crippen LogP) is 4.61. The molecule has 0 bridgehead atoms. The smallest absolute Gasteiger partial charge is 0.205 e. The molecule has 0 radical (unpaired) electrons. The highest BCUT2D eigenvalue weighted by molar-refractivity contribution is 14.1. The molecule has 25 heavy (non-hydrogen) atoms. The molecular formula is C21H19INOP. The summed E-state index contributed by atoms with van der Waals surface area (Å²) in [6.07, 6.45) is 1.01. The zero-order valence-corrected chi connectivity index (χ0v) is 16.7. The van der Waals surface area contributed by atoms with Crippen LogP contribution in [0.5, 0.6) is 0 Å². The Kier molecular flexibility index (Phi) is 4.81. The molecule has 0 aromatic heterocycles. The zero-order chi connectivity index (χ0) is 17.3. The average molecular weight is 459 g/mol. The predicted molar refractivity (Wildman–Crippen MR) is 114 cm³/mol. The molecule has 3 aromatic carbocycles. The molecule has 1 aliphatic carbocycles. The van der Waals surface area contributed by atoms with Crippen LogP contribution in [-0.2, 0) is 11.0 Å². The van der Waals surface area contributed by atoms with Gasteiger partial charge in [-0.2, -0.15) is 0 Å². The fourth-order valence-corrected chi connectivity index (χ4v) is 7.28. The van der Waals surface area contributed by atoms with Gasteiger partial charge in [-0.3, -0.25) is 9.65 Å². The monoisotopic (exact) mass is 459 g/mol. The molecule has 2 unspecified atom stereocenters. The van der Waals surface area contributed by atoms with Crippen molar-refractivity contribution in [2.24, 2.45) is 0 Å². The van der Waals surface area contributed by atoms with Gasteiger partial charge in [-0.25, -0.2) is 0 Å². The van der Waals surface area contributed by atoms with Crippen molar-refractivity contribution < 1.29 is 4.57 Å². The Labute approximate surface area is 162 Å². The summed E-state index contributed by atoms with van der Waals surface area (Å²) in [5.41, 5.74) is 2.63. The molecule has 1 N–H and O–H groups in total. The van der Waals surface area contributed by atoms with Crippen LogP contribution in [0.3, 0.4) is 0 Å². The second kappa shape index (κ2) is 7.06. The molecule has 0 amide bonds. The first kappa shape index (κ1) is 17.0. The fourth-order valence-electron chi connectivity index (χ4n) is 3.47. The highest BCUT2D eigenvalue weighted by Crippen LogP contribution is 2.46. The summed E-state index contributed by atoms with van der Waals surface area (Å²) in [6, 6.07) is 28.2. The van der Waals surface area contributed by atoms with Gasteiger partial charge in [0.15, 0.2) is 0 Å². The number of hydrogen-bond acceptors (Lipinski definition) is 1. The molecule has 0 saturated heterocycles. The fraction of sp³-hybridized carbons (Fsp3) is 0.143. The Hall–Kier alpha value is -1.42. The third-order valence-corrected chi connectivity index (χ3v) is 8.58. The minimum Gasteiger partial charge on any atom is -0.297 e. The summed E-state index contributed by atoms with van der Waals surface area (Å²) >= 11 is 2.48. The van der Waals surface area contributed by atoms with Crippen LogP contribution in [0, 0.1) is 0 Å².